The summed E-state index contributed by atoms with van der Waals surface area (Å²) in [5, 5.41) is 13.4. The Hall–Kier alpha value is -4.59. The number of amides is 2. The highest BCUT2D eigenvalue weighted by atomic mass is 32.2. The minimum Gasteiger partial charge on any atom is -0.493 e. The monoisotopic (exact) mass is 589 g/mol. The van der Waals surface area contributed by atoms with Crippen LogP contribution >= 0.6 is 11.8 Å². The average molecular weight is 590 g/mol. The van der Waals surface area contributed by atoms with Gasteiger partial charge >= 0.3 is 6.18 Å². The number of anilines is 1. The van der Waals surface area contributed by atoms with E-state index in [0.717, 1.165) is 23.9 Å². The summed E-state index contributed by atoms with van der Waals surface area (Å²) in [6.07, 6.45) is -4.64. The number of rotatable bonds is 10. The van der Waals surface area contributed by atoms with Gasteiger partial charge in [-0.05, 0) is 54.6 Å². The number of thioether (sulfide) groups is 1. The molecule has 4 aromatic rings. The summed E-state index contributed by atoms with van der Waals surface area (Å²) in [5.41, 5.74) is -0.609. The molecule has 0 radical (unpaired) electrons. The van der Waals surface area contributed by atoms with Gasteiger partial charge in [0.25, 0.3) is 5.91 Å². The molecule has 4 rings (SSSR count). The molecule has 14 heteroatoms. The van der Waals surface area contributed by atoms with E-state index >= 15 is 0 Å². The topological polar surface area (TPSA) is 107 Å². The number of halogens is 4. The Labute approximate surface area is 235 Å². The molecule has 0 unspecified atom stereocenters. The zero-order valence-electron chi connectivity index (χ0n) is 21.7. The van der Waals surface area contributed by atoms with Crippen molar-refractivity contribution < 1.29 is 36.6 Å². The lowest BCUT2D eigenvalue weighted by atomic mass is 10.1. The van der Waals surface area contributed by atoms with Crippen molar-refractivity contribution in [3.63, 3.8) is 0 Å². The lowest BCUT2D eigenvalue weighted by molar-refractivity contribution is -0.137. The highest BCUT2D eigenvalue weighted by molar-refractivity contribution is 7.99. The van der Waals surface area contributed by atoms with Gasteiger partial charge in [0, 0.05) is 11.3 Å². The molecule has 2 amide bonds. The third-order valence-electron chi connectivity index (χ3n) is 5.68. The Morgan fingerprint density at radius 1 is 0.951 bits per heavy atom. The van der Waals surface area contributed by atoms with Crippen LogP contribution in [0, 0.1) is 5.82 Å². The number of carbonyl (C=O) groups is 2. The van der Waals surface area contributed by atoms with Gasteiger partial charge in [-0.25, -0.2) is 4.39 Å². The smallest absolute Gasteiger partial charge is 0.418 e. The molecule has 0 aliphatic heterocycles. The summed E-state index contributed by atoms with van der Waals surface area (Å²) in [7, 11) is 2.92. The van der Waals surface area contributed by atoms with Crippen molar-refractivity contribution in [2.24, 2.45) is 0 Å². The third kappa shape index (κ3) is 7.14. The molecule has 0 saturated heterocycles. The van der Waals surface area contributed by atoms with Crippen LogP contribution in [0.3, 0.4) is 0 Å². The molecule has 41 heavy (non-hydrogen) atoms. The van der Waals surface area contributed by atoms with Gasteiger partial charge in [0.05, 0.1) is 37.8 Å². The zero-order valence-corrected chi connectivity index (χ0v) is 22.5. The van der Waals surface area contributed by atoms with Gasteiger partial charge < -0.3 is 20.1 Å². The number of hydrogen-bond donors (Lipinski definition) is 2. The Bertz CT molecular complexity index is 1540. The predicted molar refractivity (Wildman–Crippen MR) is 143 cm³/mol. The molecule has 214 valence electrons. The number of carbonyl (C=O) groups excluding carboxylic acids is 2. The molecule has 0 atom stereocenters. The van der Waals surface area contributed by atoms with Crippen molar-refractivity contribution in [2.75, 3.05) is 25.3 Å². The SMILES string of the molecule is COc1ccc(C(=O)NCc2nnc(SCC(=O)Nc3ccccc3C(F)(F)F)n2-c2ccc(F)cc2)cc1OC. The number of para-hydroxylation sites is 1. The van der Waals surface area contributed by atoms with E-state index in [4.69, 9.17) is 9.47 Å². The lowest BCUT2D eigenvalue weighted by Gasteiger charge is -2.14. The number of alkyl halides is 3. The van der Waals surface area contributed by atoms with E-state index < -0.39 is 29.4 Å². The molecular weight excluding hydrogens is 566 g/mol. The fourth-order valence-electron chi connectivity index (χ4n) is 3.75. The normalized spacial score (nSPS) is 11.2. The van der Waals surface area contributed by atoms with Crippen LogP contribution in [0.2, 0.25) is 0 Å². The van der Waals surface area contributed by atoms with E-state index in [-0.39, 0.29) is 29.0 Å². The Kier molecular flexibility index (Phi) is 9.12. The van der Waals surface area contributed by atoms with Crippen LogP contribution in [-0.2, 0) is 17.5 Å². The standard InChI is InChI=1S/C27H23F4N5O4S/c1-39-21-12-7-16(13-22(21)40-2)25(38)32-14-23-34-35-26(36(23)18-10-8-17(28)9-11-18)41-15-24(37)33-20-6-4-3-5-19(20)27(29,30)31/h3-13H,14-15H2,1-2H3,(H,32,38)(H,33,37). The summed E-state index contributed by atoms with van der Waals surface area (Å²) in [5.74, 6) is -0.862. The van der Waals surface area contributed by atoms with Gasteiger partial charge in [0.15, 0.2) is 22.5 Å². The minimum absolute atomic E-state index is 0.0940. The maximum Gasteiger partial charge on any atom is 0.418 e. The fourth-order valence-corrected chi connectivity index (χ4v) is 4.52. The van der Waals surface area contributed by atoms with Crippen molar-refractivity contribution in [1.29, 1.82) is 0 Å². The van der Waals surface area contributed by atoms with Crippen molar-refractivity contribution in [3.05, 3.63) is 89.5 Å². The highest BCUT2D eigenvalue weighted by Gasteiger charge is 2.33. The van der Waals surface area contributed by atoms with Gasteiger partial charge in [0.1, 0.15) is 5.82 Å². The molecule has 1 heterocycles. The van der Waals surface area contributed by atoms with Crippen LogP contribution in [0.25, 0.3) is 5.69 Å². The van der Waals surface area contributed by atoms with Crippen LogP contribution in [0.1, 0.15) is 21.7 Å². The first-order valence-corrected chi connectivity index (χ1v) is 12.9. The highest BCUT2D eigenvalue weighted by Crippen LogP contribution is 2.35. The maximum absolute atomic E-state index is 13.6. The van der Waals surface area contributed by atoms with Gasteiger partial charge in [0.2, 0.25) is 5.91 Å². The first kappa shape index (κ1) is 29.4. The Morgan fingerprint density at radius 3 is 2.34 bits per heavy atom. The molecule has 1 aromatic heterocycles. The van der Waals surface area contributed by atoms with Crippen molar-refractivity contribution >= 4 is 29.3 Å². The van der Waals surface area contributed by atoms with Crippen LogP contribution in [0.4, 0.5) is 23.2 Å². The molecule has 2 N–H and O–H groups in total. The Morgan fingerprint density at radius 2 is 1.66 bits per heavy atom. The first-order valence-electron chi connectivity index (χ1n) is 11.9. The molecule has 0 aliphatic carbocycles. The third-order valence-corrected chi connectivity index (χ3v) is 6.61. The number of benzene rings is 3. The van der Waals surface area contributed by atoms with Crippen LogP contribution in [0.15, 0.2) is 71.9 Å². The molecule has 0 spiro atoms. The Balaban J connectivity index is 1.51. The quantitative estimate of drug-likeness (QED) is 0.196. The van der Waals surface area contributed by atoms with E-state index in [0.29, 0.717) is 22.7 Å². The van der Waals surface area contributed by atoms with Gasteiger partial charge in [-0.3, -0.25) is 14.2 Å². The number of aromatic nitrogens is 3. The predicted octanol–water partition coefficient (Wildman–Crippen LogP) is 5.10. The second-order valence-electron chi connectivity index (χ2n) is 8.34. The van der Waals surface area contributed by atoms with E-state index in [9.17, 15) is 27.2 Å². The van der Waals surface area contributed by atoms with Crippen molar-refractivity contribution in [3.8, 4) is 17.2 Å². The second-order valence-corrected chi connectivity index (χ2v) is 9.29. The molecule has 0 aliphatic rings. The summed E-state index contributed by atoms with van der Waals surface area (Å²) >= 11 is 0.906. The van der Waals surface area contributed by atoms with Crippen molar-refractivity contribution in [1.82, 2.24) is 20.1 Å². The molecule has 3 aromatic carbocycles. The number of nitrogens with one attached hydrogen (secondary N) is 2. The summed E-state index contributed by atoms with van der Waals surface area (Å²) in [6, 6.07) is 14.6. The van der Waals surface area contributed by atoms with Gasteiger partial charge in [-0.15, -0.1) is 10.2 Å². The molecular formula is C27H23F4N5O4S. The number of nitrogens with zero attached hydrogens (tertiary/aromatic N) is 3. The van der Waals surface area contributed by atoms with E-state index in [1.807, 2.05) is 0 Å². The van der Waals surface area contributed by atoms with E-state index in [2.05, 4.69) is 20.8 Å². The lowest BCUT2D eigenvalue weighted by Crippen LogP contribution is -2.24. The molecule has 0 fully saturated rings. The second kappa shape index (κ2) is 12.7. The summed E-state index contributed by atoms with van der Waals surface area (Å²) in [4.78, 5) is 25.4. The minimum atomic E-state index is -4.64. The zero-order chi connectivity index (χ0) is 29.6. The number of ether oxygens (including phenoxy) is 2. The number of methoxy groups -OCH3 is 2. The summed E-state index contributed by atoms with van der Waals surface area (Å²) < 4.78 is 65.4. The number of hydrogen-bond acceptors (Lipinski definition) is 7. The molecule has 0 bridgehead atoms. The van der Waals surface area contributed by atoms with E-state index in [1.54, 1.807) is 12.1 Å². The van der Waals surface area contributed by atoms with Crippen LogP contribution in [-0.4, -0.2) is 46.6 Å². The molecule has 0 saturated carbocycles. The van der Waals surface area contributed by atoms with Gasteiger partial charge in [-0.1, -0.05) is 23.9 Å². The average Bonchev–Trinajstić information content (AvgIpc) is 3.37. The van der Waals surface area contributed by atoms with E-state index in [1.165, 1.54) is 61.3 Å². The largest absolute Gasteiger partial charge is 0.493 e. The van der Waals surface area contributed by atoms with Crippen LogP contribution < -0.4 is 20.1 Å². The molecule has 9 nitrogen and oxygen atoms in total. The maximum atomic E-state index is 13.6. The first-order chi connectivity index (χ1) is 19.6. The summed E-state index contributed by atoms with van der Waals surface area (Å²) in [6.45, 7) is -0.0940. The van der Waals surface area contributed by atoms with Crippen molar-refractivity contribution in [2.45, 2.75) is 17.9 Å². The van der Waals surface area contributed by atoms with Crippen LogP contribution in [0.5, 0.6) is 11.5 Å². The van der Waals surface area contributed by atoms with Gasteiger partial charge in [-0.2, -0.15) is 13.2 Å². The fraction of sp³-hybridized carbons (Fsp3) is 0.185.